The van der Waals surface area contributed by atoms with Gasteiger partial charge < -0.3 is 9.64 Å². The van der Waals surface area contributed by atoms with E-state index in [1.165, 1.54) is 44.5 Å². The van der Waals surface area contributed by atoms with Gasteiger partial charge in [-0.15, -0.1) is 0 Å². The summed E-state index contributed by atoms with van der Waals surface area (Å²) in [6.07, 6.45) is 3.95. The van der Waals surface area contributed by atoms with Crippen molar-refractivity contribution in [2.45, 2.75) is 26.2 Å². The molecule has 0 N–H and O–H groups in total. The molecule has 0 spiro atoms. The number of fused-ring (bicyclic) bond motifs is 3. The van der Waals surface area contributed by atoms with Crippen molar-refractivity contribution >= 4 is 0 Å². The lowest BCUT2D eigenvalue weighted by Crippen LogP contribution is -2.50. The number of piperidine rings is 3. The van der Waals surface area contributed by atoms with E-state index in [0.29, 0.717) is 5.41 Å². The molecule has 0 atom stereocenters. The van der Waals surface area contributed by atoms with Crippen molar-refractivity contribution in [3.63, 3.8) is 0 Å². The number of hydrogen-bond donors (Lipinski definition) is 0. The molecule has 17 heavy (non-hydrogen) atoms. The number of aryl methyl sites for hydroxylation is 1. The average molecular weight is 231 g/mol. The molecule has 3 heterocycles. The number of nitrogens with zero attached hydrogens (tertiary/aromatic N) is 1. The lowest BCUT2D eigenvalue weighted by Gasteiger charge is -2.48. The molecule has 3 aliphatic rings. The fourth-order valence-electron chi connectivity index (χ4n) is 2.98. The Hall–Kier alpha value is -1.02. The minimum atomic E-state index is 0.472. The molecule has 0 unspecified atom stereocenters. The highest BCUT2D eigenvalue weighted by atomic mass is 16.5. The maximum Gasteiger partial charge on any atom is 0.119 e. The van der Waals surface area contributed by atoms with Gasteiger partial charge in [0.05, 0.1) is 6.61 Å². The van der Waals surface area contributed by atoms with Gasteiger partial charge in [0.15, 0.2) is 0 Å². The highest BCUT2D eigenvalue weighted by Crippen LogP contribution is 2.40. The highest BCUT2D eigenvalue weighted by Gasteiger charge is 2.39. The van der Waals surface area contributed by atoms with Crippen molar-refractivity contribution < 1.29 is 4.74 Å². The van der Waals surface area contributed by atoms with E-state index >= 15 is 0 Å². The number of benzene rings is 1. The topological polar surface area (TPSA) is 12.5 Å². The minimum absolute atomic E-state index is 0.472. The Morgan fingerprint density at radius 3 is 2.24 bits per heavy atom. The van der Waals surface area contributed by atoms with Crippen LogP contribution in [0.15, 0.2) is 24.3 Å². The number of hydrogen-bond acceptors (Lipinski definition) is 2. The van der Waals surface area contributed by atoms with Crippen LogP contribution >= 0.6 is 0 Å². The van der Waals surface area contributed by atoms with Crippen molar-refractivity contribution in [1.82, 2.24) is 4.90 Å². The predicted octanol–water partition coefficient (Wildman–Crippen LogP) is 2.86. The van der Waals surface area contributed by atoms with Gasteiger partial charge in [0.2, 0.25) is 0 Å². The molecule has 1 aromatic carbocycles. The molecule has 2 nitrogen and oxygen atoms in total. The Bertz CT molecular complexity index is 363. The molecule has 0 aliphatic carbocycles. The van der Waals surface area contributed by atoms with Crippen LogP contribution < -0.4 is 4.74 Å². The lowest BCUT2D eigenvalue weighted by atomic mass is 9.73. The summed E-state index contributed by atoms with van der Waals surface area (Å²) in [5.74, 6) is 1.03. The number of rotatable bonds is 3. The third-order valence-corrected chi connectivity index (χ3v) is 4.44. The average Bonchev–Trinajstić information content (AvgIpc) is 2.40. The van der Waals surface area contributed by atoms with E-state index in [-0.39, 0.29) is 0 Å². The van der Waals surface area contributed by atoms with E-state index in [2.05, 4.69) is 36.1 Å². The molecular weight excluding hydrogens is 210 g/mol. The summed E-state index contributed by atoms with van der Waals surface area (Å²) in [5, 5.41) is 0. The summed E-state index contributed by atoms with van der Waals surface area (Å²) < 4.78 is 6.00. The molecule has 0 amide bonds. The second-order valence-corrected chi connectivity index (χ2v) is 5.69. The summed E-state index contributed by atoms with van der Waals surface area (Å²) in [4.78, 5) is 2.58. The smallest absolute Gasteiger partial charge is 0.119 e. The standard InChI is InChI=1S/C15H21NO/c1-13-2-4-14(5-3-13)17-12-15-6-9-16(10-7-15)11-8-15/h2-5H,6-12H2,1H3. The van der Waals surface area contributed by atoms with Gasteiger partial charge in [0, 0.05) is 5.41 Å². The van der Waals surface area contributed by atoms with Crippen LogP contribution in [0.25, 0.3) is 0 Å². The molecule has 3 saturated heterocycles. The molecule has 0 saturated carbocycles. The minimum Gasteiger partial charge on any atom is -0.493 e. The van der Waals surface area contributed by atoms with Crippen molar-refractivity contribution in [3.8, 4) is 5.75 Å². The first-order valence-electron chi connectivity index (χ1n) is 6.68. The van der Waals surface area contributed by atoms with E-state index in [9.17, 15) is 0 Å². The quantitative estimate of drug-likeness (QED) is 0.793. The zero-order valence-electron chi connectivity index (χ0n) is 10.6. The maximum atomic E-state index is 6.00. The largest absolute Gasteiger partial charge is 0.493 e. The fourth-order valence-corrected chi connectivity index (χ4v) is 2.98. The SMILES string of the molecule is Cc1ccc(OCC23CCN(CC2)CC3)cc1. The van der Waals surface area contributed by atoms with Crippen molar-refractivity contribution in [2.24, 2.45) is 5.41 Å². The Morgan fingerprint density at radius 2 is 1.65 bits per heavy atom. The molecule has 3 aliphatic heterocycles. The van der Waals surface area contributed by atoms with Crippen LogP contribution in [0.5, 0.6) is 5.75 Å². The zero-order valence-corrected chi connectivity index (χ0v) is 10.6. The molecule has 4 rings (SSSR count). The van der Waals surface area contributed by atoms with Crippen LogP contribution in [0, 0.1) is 12.3 Å². The predicted molar refractivity (Wildman–Crippen MR) is 69.4 cm³/mol. The van der Waals surface area contributed by atoms with Crippen molar-refractivity contribution in [1.29, 1.82) is 0 Å². The molecule has 2 heteroatoms. The summed E-state index contributed by atoms with van der Waals surface area (Å²) in [6, 6.07) is 8.42. The first-order valence-corrected chi connectivity index (χ1v) is 6.68. The van der Waals surface area contributed by atoms with E-state index in [0.717, 1.165) is 12.4 Å². The van der Waals surface area contributed by atoms with E-state index in [4.69, 9.17) is 4.74 Å². The normalized spacial score (nSPS) is 31.5. The van der Waals surface area contributed by atoms with Gasteiger partial charge in [-0.2, -0.15) is 0 Å². The highest BCUT2D eigenvalue weighted by molar-refractivity contribution is 5.26. The third kappa shape index (κ3) is 2.32. The van der Waals surface area contributed by atoms with Gasteiger partial charge in [-0.25, -0.2) is 0 Å². The lowest BCUT2D eigenvalue weighted by molar-refractivity contribution is -0.00766. The monoisotopic (exact) mass is 231 g/mol. The molecule has 92 valence electrons. The summed E-state index contributed by atoms with van der Waals surface area (Å²) in [5.41, 5.74) is 1.76. The summed E-state index contributed by atoms with van der Waals surface area (Å²) >= 11 is 0. The van der Waals surface area contributed by atoms with Crippen LogP contribution in [-0.2, 0) is 0 Å². The molecule has 3 fully saturated rings. The molecule has 0 radical (unpaired) electrons. The zero-order chi connectivity index (χ0) is 11.7. The van der Waals surface area contributed by atoms with Gasteiger partial charge in [-0.1, -0.05) is 17.7 Å². The van der Waals surface area contributed by atoms with E-state index < -0.39 is 0 Å². The molecule has 0 aromatic heterocycles. The van der Waals surface area contributed by atoms with Crippen LogP contribution in [0.3, 0.4) is 0 Å². The van der Waals surface area contributed by atoms with Crippen molar-refractivity contribution in [3.05, 3.63) is 29.8 Å². The van der Waals surface area contributed by atoms with Crippen LogP contribution in [0.4, 0.5) is 0 Å². The Morgan fingerprint density at radius 1 is 1.06 bits per heavy atom. The third-order valence-electron chi connectivity index (χ3n) is 4.44. The molecular formula is C15H21NO. The summed E-state index contributed by atoms with van der Waals surface area (Å²) in [7, 11) is 0. The maximum absolute atomic E-state index is 6.00. The first-order chi connectivity index (χ1) is 8.26. The van der Waals surface area contributed by atoms with Gasteiger partial charge in [0.25, 0.3) is 0 Å². The van der Waals surface area contributed by atoms with Gasteiger partial charge in [-0.3, -0.25) is 0 Å². The summed E-state index contributed by atoms with van der Waals surface area (Å²) in [6.45, 7) is 6.84. The molecule has 2 bridgehead atoms. The van der Waals surface area contributed by atoms with Crippen LogP contribution in [0.1, 0.15) is 24.8 Å². The van der Waals surface area contributed by atoms with E-state index in [1.807, 2.05) is 0 Å². The van der Waals surface area contributed by atoms with Crippen LogP contribution in [-0.4, -0.2) is 31.1 Å². The fraction of sp³-hybridized carbons (Fsp3) is 0.600. The Kier molecular flexibility index (Phi) is 2.83. The van der Waals surface area contributed by atoms with Gasteiger partial charge in [-0.05, 0) is 58.0 Å². The van der Waals surface area contributed by atoms with Gasteiger partial charge in [0.1, 0.15) is 5.75 Å². The van der Waals surface area contributed by atoms with E-state index in [1.54, 1.807) is 0 Å². The van der Waals surface area contributed by atoms with Crippen LogP contribution in [0.2, 0.25) is 0 Å². The first kappa shape index (κ1) is 11.1. The Labute approximate surface area is 104 Å². The van der Waals surface area contributed by atoms with Gasteiger partial charge >= 0.3 is 0 Å². The van der Waals surface area contributed by atoms with Crippen molar-refractivity contribution in [2.75, 3.05) is 26.2 Å². The second-order valence-electron chi connectivity index (χ2n) is 5.69. The second kappa shape index (κ2) is 4.34. The number of ether oxygens (including phenoxy) is 1. The molecule has 1 aromatic rings. The Balaban J connectivity index is 1.61.